The first-order valence-corrected chi connectivity index (χ1v) is 6.18. The van der Waals surface area contributed by atoms with Crippen molar-refractivity contribution in [2.45, 2.75) is 26.8 Å². The Morgan fingerprint density at radius 2 is 1.95 bits per heavy atom. The van der Waals surface area contributed by atoms with Gasteiger partial charge < -0.3 is 11.1 Å². The van der Waals surface area contributed by atoms with Crippen LogP contribution in [0, 0.1) is 13.8 Å². The highest BCUT2D eigenvalue weighted by Crippen LogP contribution is 2.23. The van der Waals surface area contributed by atoms with E-state index >= 15 is 0 Å². The molecule has 19 heavy (non-hydrogen) atoms. The fourth-order valence-electron chi connectivity index (χ4n) is 1.96. The van der Waals surface area contributed by atoms with Crippen LogP contribution in [0.4, 0.5) is 5.69 Å². The number of primary amides is 1. The molecule has 2 aromatic rings. The summed E-state index contributed by atoms with van der Waals surface area (Å²) in [6.45, 7) is 5.60. The summed E-state index contributed by atoms with van der Waals surface area (Å²) in [6.07, 6.45) is 0. The van der Waals surface area contributed by atoms with Gasteiger partial charge in [0.25, 0.3) is 0 Å². The molecule has 2 rings (SSSR count). The van der Waals surface area contributed by atoms with Gasteiger partial charge >= 0.3 is 0 Å². The second-order valence-corrected chi connectivity index (χ2v) is 4.56. The molecule has 100 valence electrons. The highest BCUT2D eigenvalue weighted by molar-refractivity contribution is 5.82. The Morgan fingerprint density at radius 1 is 1.32 bits per heavy atom. The molecule has 3 N–H and O–H groups in total. The summed E-state index contributed by atoms with van der Waals surface area (Å²) in [5.41, 5.74) is 8.92. The molecule has 5 heteroatoms. The maximum Gasteiger partial charge on any atom is 0.239 e. The van der Waals surface area contributed by atoms with Crippen molar-refractivity contribution in [3.05, 3.63) is 41.7 Å². The molecule has 0 spiro atoms. The third-order valence-electron chi connectivity index (χ3n) is 3.08. The number of hydrogen-bond donors (Lipinski definition) is 2. The molecule has 0 aliphatic rings. The minimum atomic E-state index is -0.425. The first-order chi connectivity index (χ1) is 9.00. The number of para-hydroxylation sites is 1. The number of nitrogens with two attached hydrogens (primary N) is 1. The van der Waals surface area contributed by atoms with E-state index in [1.165, 1.54) is 0 Å². The molecule has 5 nitrogen and oxygen atoms in total. The Morgan fingerprint density at radius 3 is 2.53 bits per heavy atom. The van der Waals surface area contributed by atoms with E-state index < -0.39 is 6.04 Å². The maximum atomic E-state index is 11.1. The van der Waals surface area contributed by atoms with Crippen LogP contribution in [0.5, 0.6) is 0 Å². The second-order valence-electron chi connectivity index (χ2n) is 4.56. The predicted molar refractivity (Wildman–Crippen MR) is 75.3 cm³/mol. The normalized spacial score (nSPS) is 12.2. The van der Waals surface area contributed by atoms with Crippen molar-refractivity contribution in [2.24, 2.45) is 5.73 Å². The van der Waals surface area contributed by atoms with Crippen LogP contribution in [0.25, 0.3) is 5.69 Å². The van der Waals surface area contributed by atoms with E-state index in [1.807, 2.05) is 48.9 Å². The number of nitrogens with zero attached hydrogens (tertiary/aromatic N) is 2. The number of nitrogens with one attached hydrogen (secondary N) is 1. The average Bonchev–Trinajstić information content (AvgIpc) is 2.67. The average molecular weight is 258 g/mol. The molecule has 0 saturated carbocycles. The maximum absolute atomic E-state index is 11.1. The Kier molecular flexibility index (Phi) is 3.55. The van der Waals surface area contributed by atoms with Crippen LogP contribution in [0.1, 0.15) is 18.3 Å². The number of benzene rings is 1. The molecule has 0 aliphatic heterocycles. The highest BCUT2D eigenvalue weighted by Gasteiger charge is 2.16. The van der Waals surface area contributed by atoms with E-state index in [9.17, 15) is 4.79 Å². The third kappa shape index (κ3) is 2.59. The van der Waals surface area contributed by atoms with Crippen LogP contribution in [0.2, 0.25) is 0 Å². The van der Waals surface area contributed by atoms with Crippen molar-refractivity contribution >= 4 is 11.6 Å². The fourth-order valence-corrected chi connectivity index (χ4v) is 1.96. The van der Waals surface area contributed by atoms with Crippen molar-refractivity contribution in [3.8, 4) is 5.69 Å². The van der Waals surface area contributed by atoms with E-state index in [-0.39, 0.29) is 5.91 Å². The van der Waals surface area contributed by atoms with Gasteiger partial charge in [0.05, 0.1) is 22.8 Å². The Hall–Kier alpha value is -2.30. The lowest BCUT2D eigenvalue weighted by molar-refractivity contribution is -0.118. The molecule has 0 aliphatic carbocycles. The monoisotopic (exact) mass is 258 g/mol. The van der Waals surface area contributed by atoms with E-state index in [2.05, 4.69) is 10.4 Å². The number of carbonyl (C=O) groups excluding carboxylic acids is 1. The smallest absolute Gasteiger partial charge is 0.239 e. The van der Waals surface area contributed by atoms with E-state index in [1.54, 1.807) is 6.92 Å². The van der Waals surface area contributed by atoms with Crippen LogP contribution in [-0.4, -0.2) is 21.7 Å². The largest absolute Gasteiger partial charge is 0.371 e. The molecule has 1 heterocycles. The van der Waals surface area contributed by atoms with Gasteiger partial charge in [-0.1, -0.05) is 18.2 Å². The zero-order chi connectivity index (χ0) is 14.0. The number of rotatable bonds is 4. The van der Waals surface area contributed by atoms with Gasteiger partial charge in [-0.25, -0.2) is 4.68 Å². The van der Waals surface area contributed by atoms with E-state index in [4.69, 9.17) is 5.73 Å². The minimum absolute atomic E-state index is 0.383. The van der Waals surface area contributed by atoms with Crippen molar-refractivity contribution in [1.82, 2.24) is 9.78 Å². The van der Waals surface area contributed by atoms with Crippen molar-refractivity contribution < 1.29 is 4.79 Å². The van der Waals surface area contributed by atoms with Crippen molar-refractivity contribution in [2.75, 3.05) is 5.32 Å². The molecule has 0 radical (unpaired) electrons. The summed E-state index contributed by atoms with van der Waals surface area (Å²) in [6, 6.07) is 9.44. The lowest BCUT2D eigenvalue weighted by Gasteiger charge is -2.12. The summed E-state index contributed by atoms with van der Waals surface area (Å²) < 4.78 is 1.85. The number of hydrogen-bond acceptors (Lipinski definition) is 3. The third-order valence-corrected chi connectivity index (χ3v) is 3.08. The molecular weight excluding hydrogens is 240 g/mol. The molecular formula is C14H18N4O. The minimum Gasteiger partial charge on any atom is -0.371 e. The van der Waals surface area contributed by atoms with Crippen LogP contribution < -0.4 is 11.1 Å². The van der Waals surface area contributed by atoms with Crippen LogP contribution in [0.3, 0.4) is 0 Å². The first-order valence-electron chi connectivity index (χ1n) is 6.18. The Balaban J connectivity index is 2.38. The topological polar surface area (TPSA) is 72.9 Å². The van der Waals surface area contributed by atoms with Gasteiger partial charge in [0.1, 0.15) is 6.04 Å². The molecule has 1 atom stereocenters. The molecule has 1 amide bonds. The lowest BCUT2D eigenvalue weighted by atomic mass is 10.2. The van der Waals surface area contributed by atoms with Gasteiger partial charge in [0, 0.05) is 0 Å². The molecule has 0 bridgehead atoms. The molecule has 0 fully saturated rings. The van der Waals surface area contributed by atoms with Crippen molar-refractivity contribution in [3.63, 3.8) is 0 Å². The molecule has 0 saturated heterocycles. The summed E-state index contributed by atoms with van der Waals surface area (Å²) in [7, 11) is 0. The molecule has 1 aromatic heterocycles. The predicted octanol–water partition coefficient (Wildman–Crippen LogP) is 1.77. The standard InChI is InChI=1S/C14H18N4O/c1-9-13(16-10(2)14(15)19)11(3)18(17-9)12-7-5-4-6-8-12/h4-8,10,16H,1-3H3,(H2,15,19)/t10-/m1/s1. The van der Waals surface area contributed by atoms with Crippen molar-refractivity contribution in [1.29, 1.82) is 0 Å². The van der Waals surface area contributed by atoms with Gasteiger partial charge in [-0.2, -0.15) is 5.10 Å². The summed E-state index contributed by atoms with van der Waals surface area (Å²) >= 11 is 0. The highest BCUT2D eigenvalue weighted by atomic mass is 16.1. The number of aromatic nitrogens is 2. The zero-order valence-corrected chi connectivity index (χ0v) is 11.3. The quantitative estimate of drug-likeness (QED) is 0.878. The van der Waals surface area contributed by atoms with E-state index in [0.29, 0.717) is 0 Å². The fraction of sp³-hybridized carbons (Fsp3) is 0.286. The number of carbonyl (C=O) groups is 1. The van der Waals surface area contributed by atoms with Crippen LogP contribution >= 0.6 is 0 Å². The number of anilines is 1. The van der Waals surface area contributed by atoms with Gasteiger partial charge in [-0.3, -0.25) is 4.79 Å². The molecule has 0 unspecified atom stereocenters. The van der Waals surface area contributed by atoms with Crippen LogP contribution in [0.15, 0.2) is 30.3 Å². The van der Waals surface area contributed by atoms with Gasteiger partial charge in [0.15, 0.2) is 0 Å². The summed E-state index contributed by atoms with van der Waals surface area (Å²) in [5, 5.41) is 7.61. The van der Waals surface area contributed by atoms with Gasteiger partial charge in [0.2, 0.25) is 5.91 Å². The van der Waals surface area contributed by atoms with E-state index in [0.717, 1.165) is 22.8 Å². The number of amides is 1. The zero-order valence-electron chi connectivity index (χ0n) is 11.3. The Labute approximate surface area is 112 Å². The summed E-state index contributed by atoms with van der Waals surface area (Å²) in [4.78, 5) is 11.1. The number of aryl methyl sites for hydroxylation is 1. The van der Waals surface area contributed by atoms with Crippen LogP contribution in [-0.2, 0) is 4.79 Å². The SMILES string of the molecule is Cc1nn(-c2ccccc2)c(C)c1N[C@H](C)C(N)=O. The first kappa shape index (κ1) is 13.1. The second kappa shape index (κ2) is 5.14. The Bertz CT molecular complexity index is 589. The lowest BCUT2D eigenvalue weighted by Crippen LogP contribution is -2.32. The van der Waals surface area contributed by atoms with Gasteiger partial charge in [-0.15, -0.1) is 0 Å². The summed E-state index contributed by atoms with van der Waals surface area (Å²) in [5.74, 6) is -0.383. The van der Waals surface area contributed by atoms with Gasteiger partial charge in [-0.05, 0) is 32.9 Å². The molecule has 1 aromatic carbocycles.